The molecule has 0 radical (unpaired) electrons. The predicted molar refractivity (Wildman–Crippen MR) is 49.1 cm³/mol. The van der Waals surface area contributed by atoms with Gasteiger partial charge in [-0.15, -0.1) is 0 Å². The minimum absolute atomic E-state index is 0.476. The first-order valence-corrected chi connectivity index (χ1v) is 4.92. The molecule has 2 heteroatoms. The lowest BCUT2D eigenvalue weighted by atomic mass is 9.88. The molecule has 0 aromatic heterocycles. The van der Waals surface area contributed by atoms with Crippen LogP contribution in [0.25, 0.3) is 0 Å². The smallest absolute Gasteiger partial charge is 0.0554 e. The highest BCUT2D eigenvalue weighted by Gasteiger charge is 2.43. The van der Waals surface area contributed by atoms with Crippen LogP contribution in [0.15, 0.2) is 0 Å². The second-order valence-corrected chi connectivity index (χ2v) is 5.04. The van der Waals surface area contributed by atoms with Gasteiger partial charge in [-0.25, -0.2) is 0 Å². The molecule has 0 amide bonds. The third-order valence-corrected chi connectivity index (χ3v) is 3.01. The van der Waals surface area contributed by atoms with E-state index in [1.807, 2.05) is 0 Å². The van der Waals surface area contributed by atoms with E-state index >= 15 is 0 Å². The molecule has 2 nitrogen and oxygen atoms in total. The van der Waals surface area contributed by atoms with Crippen LogP contribution in [0.2, 0.25) is 0 Å². The molecule has 70 valence electrons. The summed E-state index contributed by atoms with van der Waals surface area (Å²) in [6.07, 6.45) is 0. The Kier molecular flexibility index (Phi) is 1.92. The maximum atomic E-state index is 5.24. The first-order chi connectivity index (χ1) is 5.61. The topological polar surface area (TPSA) is 12.2 Å². The quantitative estimate of drug-likeness (QED) is 0.591. The molecule has 0 aliphatic carbocycles. The van der Waals surface area contributed by atoms with E-state index in [1.54, 1.807) is 0 Å². The standard InChI is InChI=1S/C10H19NO/c1-8(2)9-4-11(9)5-10(3)6-12-7-10/h8-9H,4-7H2,1-3H3/t9-,11?/m0/s1. The molecule has 2 heterocycles. The van der Waals surface area contributed by atoms with E-state index in [2.05, 4.69) is 25.7 Å². The Morgan fingerprint density at radius 1 is 1.50 bits per heavy atom. The van der Waals surface area contributed by atoms with E-state index < -0.39 is 0 Å². The molecule has 2 fully saturated rings. The van der Waals surface area contributed by atoms with E-state index in [-0.39, 0.29) is 0 Å². The molecule has 0 aromatic rings. The fourth-order valence-corrected chi connectivity index (χ4v) is 2.04. The number of ether oxygens (including phenoxy) is 1. The SMILES string of the molecule is CC(C)[C@@H]1CN1CC1(C)COC1. The van der Waals surface area contributed by atoms with Crippen molar-refractivity contribution in [3.63, 3.8) is 0 Å². The first-order valence-electron chi connectivity index (χ1n) is 4.92. The Hall–Kier alpha value is -0.0800. The summed E-state index contributed by atoms with van der Waals surface area (Å²) in [6, 6.07) is 0.863. The van der Waals surface area contributed by atoms with Gasteiger partial charge >= 0.3 is 0 Å². The van der Waals surface area contributed by atoms with Crippen molar-refractivity contribution in [3.8, 4) is 0 Å². The third kappa shape index (κ3) is 1.50. The Balaban J connectivity index is 1.76. The van der Waals surface area contributed by atoms with Crippen molar-refractivity contribution in [1.29, 1.82) is 0 Å². The molecule has 2 atom stereocenters. The predicted octanol–water partition coefficient (Wildman–Crippen LogP) is 1.36. The van der Waals surface area contributed by atoms with Gasteiger partial charge in [0.2, 0.25) is 0 Å². The zero-order valence-corrected chi connectivity index (χ0v) is 8.34. The maximum absolute atomic E-state index is 5.24. The fourth-order valence-electron chi connectivity index (χ4n) is 2.04. The molecule has 1 unspecified atom stereocenters. The van der Waals surface area contributed by atoms with Crippen LogP contribution in [-0.4, -0.2) is 37.2 Å². The van der Waals surface area contributed by atoms with Gasteiger partial charge in [-0.05, 0) is 5.92 Å². The van der Waals surface area contributed by atoms with Crippen LogP contribution >= 0.6 is 0 Å². The average Bonchev–Trinajstić information content (AvgIpc) is 2.64. The van der Waals surface area contributed by atoms with Crippen LogP contribution in [0, 0.1) is 11.3 Å². The van der Waals surface area contributed by atoms with E-state index in [9.17, 15) is 0 Å². The van der Waals surface area contributed by atoms with Gasteiger partial charge in [-0.1, -0.05) is 20.8 Å². The lowest BCUT2D eigenvalue weighted by Gasteiger charge is -2.38. The van der Waals surface area contributed by atoms with Gasteiger partial charge in [0.15, 0.2) is 0 Å². The summed E-state index contributed by atoms with van der Waals surface area (Å²) in [5.74, 6) is 0.828. The molecule has 12 heavy (non-hydrogen) atoms. The summed E-state index contributed by atoms with van der Waals surface area (Å²) in [5, 5.41) is 0. The van der Waals surface area contributed by atoms with Gasteiger partial charge in [-0.3, -0.25) is 4.90 Å². The third-order valence-electron chi connectivity index (χ3n) is 3.01. The largest absolute Gasteiger partial charge is 0.380 e. The Bertz CT molecular complexity index is 175. The highest BCUT2D eigenvalue weighted by Crippen LogP contribution is 2.34. The molecule has 0 aromatic carbocycles. The van der Waals surface area contributed by atoms with Crippen LogP contribution < -0.4 is 0 Å². The summed E-state index contributed by atoms with van der Waals surface area (Å²) in [7, 11) is 0. The van der Waals surface area contributed by atoms with E-state index in [0.29, 0.717) is 5.41 Å². The van der Waals surface area contributed by atoms with E-state index in [1.165, 1.54) is 13.1 Å². The van der Waals surface area contributed by atoms with E-state index in [0.717, 1.165) is 25.2 Å². The molecule has 2 aliphatic heterocycles. The number of hydrogen-bond donors (Lipinski definition) is 0. The van der Waals surface area contributed by atoms with Gasteiger partial charge in [-0.2, -0.15) is 0 Å². The monoisotopic (exact) mass is 169 g/mol. The zero-order valence-electron chi connectivity index (χ0n) is 8.34. The van der Waals surface area contributed by atoms with Gasteiger partial charge in [0.1, 0.15) is 0 Å². The molecule has 2 saturated heterocycles. The average molecular weight is 169 g/mol. The lowest BCUT2D eigenvalue weighted by molar-refractivity contribution is -0.107. The van der Waals surface area contributed by atoms with Crippen molar-refractivity contribution in [1.82, 2.24) is 4.90 Å². The summed E-state index contributed by atoms with van der Waals surface area (Å²) in [6.45, 7) is 11.4. The maximum Gasteiger partial charge on any atom is 0.0554 e. The van der Waals surface area contributed by atoms with Crippen molar-refractivity contribution in [2.45, 2.75) is 26.8 Å². The van der Waals surface area contributed by atoms with Gasteiger partial charge in [0.25, 0.3) is 0 Å². The number of hydrogen-bond acceptors (Lipinski definition) is 2. The molecular formula is C10H19NO. The van der Waals surface area contributed by atoms with Gasteiger partial charge in [0.05, 0.1) is 13.2 Å². The second-order valence-electron chi connectivity index (χ2n) is 5.04. The highest BCUT2D eigenvalue weighted by molar-refractivity contribution is 4.96. The summed E-state index contributed by atoms with van der Waals surface area (Å²) >= 11 is 0. The van der Waals surface area contributed by atoms with Crippen molar-refractivity contribution >= 4 is 0 Å². The van der Waals surface area contributed by atoms with Crippen LogP contribution in [0.4, 0.5) is 0 Å². The first kappa shape index (κ1) is 8.52. The summed E-state index contributed by atoms with van der Waals surface area (Å²) in [5.41, 5.74) is 0.476. The molecule has 0 spiro atoms. The van der Waals surface area contributed by atoms with Crippen molar-refractivity contribution < 1.29 is 4.74 Å². The zero-order chi connectivity index (χ0) is 8.77. The summed E-state index contributed by atoms with van der Waals surface area (Å²) in [4.78, 5) is 2.58. The van der Waals surface area contributed by atoms with Crippen LogP contribution in [-0.2, 0) is 4.74 Å². The van der Waals surface area contributed by atoms with Crippen LogP contribution in [0.1, 0.15) is 20.8 Å². The Labute approximate surface area is 74.9 Å². The molecular weight excluding hydrogens is 150 g/mol. The molecule has 2 aliphatic rings. The highest BCUT2D eigenvalue weighted by atomic mass is 16.5. The molecule has 2 rings (SSSR count). The number of nitrogens with zero attached hydrogens (tertiary/aromatic N) is 1. The van der Waals surface area contributed by atoms with Crippen molar-refractivity contribution in [2.24, 2.45) is 11.3 Å². The second kappa shape index (κ2) is 2.71. The van der Waals surface area contributed by atoms with Crippen LogP contribution in [0.3, 0.4) is 0 Å². The molecule has 0 bridgehead atoms. The number of rotatable bonds is 3. The normalized spacial score (nSPS) is 38.0. The molecule has 0 saturated carbocycles. The molecule has 0 N–H and O–H groups in total. The summed E-state index contributed by atoms with van der Waals surface area (Å²) < 4.78 is 5.24. The lowest BCUT2D eigenvalue weighted by Crippen LogP contribution is -2.45. The minimum Gasteiger partial charge on any atom is -0.380 e. The Morgan fingerprint density at radius 2 is 2.17 bits per heavy atom. The Morgan fingerprint density at radius 3 is 2.50 bits per heavy atom. The van der Waals surface area contributed by atoms with Gasteiger partial charge in [0, 0.05) is 24.5 Å². The van der Waals surface area contributed by atoms with Crippen LogP contribution in [0.5, 0.6) is 0 Å². The van der Waals surface area contributed by atoms with Crippen molar-refractivity contribution in [2.75, 3.05) is 26.3 Å². The van der Waals surface area contributed by atoms with E-state index in [4.69, 9.17) is 4.74 Å². The minimum atomic E-state index is 0.476. The fraction of sp³-hybridized carbons (Fsp3) is 1.00. The van der Waals surface area contributed by atoms with Crippen molar-refractivity contribution in [3.05, 3.63) is 0 Å². The van der Waals surface area contributed by atoms with Gasteiger partial charge < -0.3 is 4.74 Å².